The third-order valence-corrected chi connectivity index (χ3v) is 6.03. The number of fused-ring (bicyclic) bond motifs is 1. The van der Waals surface area contributed by atoms with E-state index in [0.717, 1.165) is 42.6 Å². The van der Waals surface area contributed by atoms with Gasteiger partial charge in [-0.05, 0) is 30.5 Å². The lowest BCUT2D eigenvalue weighted by Gasteiger charge is -2.35. The van der Waals surface area contributed by atoms with Crippen molar-refractivity contribution in [3.8, 4) is 0 Å². The molecule has 1 aromatic heterocycles. The quantitative estimate of drug-likeness (QED) is 0.716. The van der Waals surface area contributed by atoms with Gasteiger partial charge in [-0.1, -0.05) is 43.0 Å². The molecule has 1 aliphatic carbocycles. The molecule has 1 saturated carbocycles. The first-order valence-corrected chi connectivity index (χ1v) is 10.6. The molecule has 8 heteroatoms. The summed E-state index contributed by atoms with van der Waals surface area (Å²) >= 11 is 5.92. The van der Waals surface area contributed by atoms with Gasteiger partial charge in [0.2, 0.25) is 5.91 Å². The Hall–Kier alpha value is -2.54. The first kappa shape index (κ1) is 19.8. The van der Waals surface area contributed by atoms with Crippen molar-refractivity contribution >= 4 is 23.5 Å². The number of aromatic amines is 1. The van der Waals surface area contributed by atoms with E-state index in [2.05, 4.69) is 20.6 Å². The molecule has 1 aromatic carbocycles. The molecule has 2 aromatic rings. The maximum atomic E-state index is 13.0. The number of imidazole rings is 1. The second-order valence-corrected chi connectivity index (χ2v) is 8.24. The van der Waals surface area contributed by atoms with Crippen LogP contribution in [-0.2, 0) is 24.3 Å². The minimum Gasteiger partial charge on any atom is -0.350 e. The number of hydrogen-bond acceptors (Lipinski definition) is 3. The molecule has 29 heavy (non-hydrogen) atoms. The smallest absolute Gasteiger partial charge is 0.318 e. The van der Waals surface area contributed by atoms with Crippen molar-refractivity contribution in [3.05, 3.63) is 52.6 Å². The molecule has 0 unspecified atom stereocenters. The number of amides is 3. The molecule has 3 amide bonds. The van der Waals surface area contributed by atoms with Gasteiger partial charge in [0.25, 0.3) is 0 Å². The first-order chi connectivity index (χ1) is 14.1. The van der Waals surface area contributed by atoms with E-state index in [1.807, 2.05) is 12.1 Å². The zero-order valence-corrected chi connectivity index (χ0v) is 17.0. The first-order valence-electron chi connectivity index (χ1n) is 10.2. The Morgan fingerprint density at radius 3 is 2.69 bits per heavy atom. The summed E-state index contributed by atoms with van der Waals surface area (Å²) in [5.74, 6) is -0.174. The van der Waals surface area contributed by atoms with Crippen LogP contribution in [0.2, 0.25) is 5.02 Å². The van der Waals surface area contributed by atoms with Crippen LogP contribution in [0.1, 0.15) is 49.1 Å². The van der Waals surface area contributed by atoms with Crippen LogP contribution >= 0.6 is 11.6 Å². The molecule has 0 saturated heterocycles. The molecule has 1 fully saturated rings. The van der Waals surface area contributed by atoms with Gasteiger partial charge in [0.1, 0.15) is 6.04 Å². The molecule has 0 radical (unpaired) electrons. The van der Waals surface area contributed by atoms with E-state index in [1.165, 1.54) is 6.42 Å². The molecule has 3 N–H and O–H groups in total. The van der Waals surface area contributed by atoms with Gasteiger partial charge >= 0.3 is 6.03 Å². The predicted molar refractivity (Wildman–Crippen MR) is 110 cm³/mol. The van der Waals surface area contributed by atoms with Crippen LogP contribution in [0.4, 0.5) is 4.79 Å². The minimum absolute atomic E-state index is 0.174. The lowest BCUT2D eigenvalue weighted by Crippen LogP contribution is -2.56. The van der Waals surface area contributed by atoms with Gasteiger partial charge in [-0.3, -0.25) is 4.79 Å². The monoisotopic (exact) mass is 415 g/mol. The lowest BCUT2D eigenvalue weighted by atomic mass is 9.95. The Bertz CT molecular complexity index is 860. The van der Waals surface area contributed by atoms with Crippen LogP contribution in [0.5, 0.6) is 0 Å². The number of hydrogen-bond donors (Lipinski definition) is 3. The van der Waals surface area contributed by atoms with Gasteiger partial charge in [-0.25, -0.2) is 9.78 Å². The Morgan fingerprint density at radius 1 is 1.17 bits per heavy atom. The molecular formula is C21H26ClN5O2. The van der Waals surface area contributed by atoms with E-state index in [-0.39, 0.29) is 18.0 Å². The third kappa shape index (κ3) is 4.72. The normalized spacial score (nSPS) is 19.5. The van der Waals surface area contributed by atoms with E-state index in [9.17, 15) is 9.59 Å². The number of aromatic nitrogens is 2. The molecule has 2 aliphatic rings. The average Bonchev–Trinajstić information content (AvgIpc) is 3.20. The third-order valence-electron chi connectivity index (χ3n) is 5.78. The van der Waals surface area contributed by atoms with Crippen molar-refractivity contribution in [1.82, 2.24) is 25.5 Å². The number of benzene rings is 1. The molecule has 7 nitrogen and oxygen atoms in total. The zero-order chi connectivity index (χ0) is 20.2. The molecular weight excluding hydrogens is 390 g/mol. The van der Waals surface area contributed by atoms with Crippen molar-refractivity contribution < 1.29 is 9.59 Å². The number of nitrogens with zero attached hydrogens (tertiary/aromatic N) is 2. The molecule has 2 heterocycles. The number of urea groups is 1. The van der Waals surface area contributed by atoms with E-state index in [1.54, 1.807) is 23.4 Å². The highest BCUT2D eigenvalue weighted by atomic mass is 35.5. The van der Waals surface area contributed by atoms with E-state index < -0.39 is 6.04 Å². The van der Waals surface area contributed by atoms with Crippen LogP contribution in [0.3, 0.4) is 0 Å². The number of nitrogens with one attached hydrogen (secondary N) is 3. The van der Waals surface area contributed by atoms with E-state index in [4.69, 9.17) is 11.6 Å². The Kier molecular flexibility index (Phi) is 6.04. The van der Waals surface area contributed by atoms with Crippen LogP contribution < -0.4 is 10.6 Å². The van der Waals surface area contributed by atoms with Crippen molar-refractivity contribution in [1.29, 1.82) is 0 Å². The Balaban J connectivity index is 1.44. The lowest BCUT2D eigenvalue weighted by molar-refractivity contribution is -0.126. The van der Waals surface area contributed by atoms with Gasteiger partial charge < -0.3 is 20.5 Å². The van der Waals surface area contributed by atoms with Gasteiger partial charge in [-0.15, -0.1) is 0 Å². The molecule has 0 bridgehead atoms. The highest BCUT2D eigenvalue weighted by molar-refractivity contribution is 6.30. The Labute approximate surface area is 175 Å². The minimum atomic E-state index is -0.582. The summed E-state index contributed by atoms with van der Waals surface area (Å²) in [6.07, 6.45) is 7.54. The largest absolute Gasteiger partial charge is 0.350 e. The predicted octanol–water partition coefficient (Wildman–Crippen LogP) is 3.15. The van der Waals surface area contributed by atoms with Crippen molar-refractivity contribution in [2.75, 3.05) is 0 Å². The van der Waals surface area contributed by atoms with Crippen LogP contribution in [0.25, 0.3) is 0 Å². The van der Waals surface area contributed by atoms with Gasteiger partial charge in [0.15, 0.2) is 0 Å². The summed E-state index contributed by atoms with van der Waals surface area (Å²) in [7, 11) is 0. The maximum absolute atomic E-state index is 13.0. The van der Waals surface area contributed by atoms with Crippen LogP contribution in [0.15, 0.2) is 30.6 Å². The zero-order valence-electron chi connectivity index (χ0n) is 16.3. The fourth-order valence-electron chi connectivity index (χ4n) is 4.10. The number of H-pyrrole nitrogens is 1. The summed E-state index contributed by atoms with van der Waals surface area (Å²) in [6, 6.07) is 6.78. The van der Waals surface area contributed by atoms with Gasteiger partial charge in [0.05, 0.1) is 24.3 Å². The van der Waals surface area contributed by atoms with Crippen molar-refractivity contribution in [2.45, 2.75) is 63.7 Å². The molecule has 1 aliphatic heterocycles. The van der Waals surface area contributed by atoms with Crippen molar-refractivity contribution in [3.63, 3.8) is 0 Å². The van der Waals surface area contributed by atoms with E-state index >= 15 is 0 Å². The molecule has 1 atom stereocenters. The molecule has 4 rings (SSSR count). The second-order valence-electron chi connectivity index (χ2n) is 7.80. The standard InChI is InChI=1S/C21H26ClN5O2/c22-15-8-6-14(7-9-15)11-23-20(28)19-10-17-18(25-13-24-17)12-27(19)21(29)26-16-4-2-1-3-5-16/h6-9,13,16,19H,1-5,10-12H2,(H,23,28)(H,24,25)(H,26,29)/t19-/m0/s1. The summed E-state index contributed by atoms with van der Waals surface area (Å²) in [5.41, 5.74) is 2.70. The highest BCUT2D eigenvalue weighted by Crippen LogP contribution is 2.23. The summed E-state index contributed by atoms with van der Waals surface area (Å²) in [6.45, 7) is 0.741. The highest BCUT2D eigenvalue weighted by Gasteiger charge is 2.36. The van der Waals surface area contributed by atoms with Crippen LogP contribution in [0, 0.1) is 0 Å². The number of carbonyl (C=O) groups excluding carboxylic acids is 2. The second kappa shape index (κ2) is 8.86. The fourth-order valence-corrected chi connectivity index (χ4v) is 4.22. The summed E-state index contributed by atoms with van der Waals surface area (Å²) in [5, 5.41) is 6.75. The average molecular weight is 416 g/mol. The maximum Gasteiger partial charge on any atom is 0.318 e. The number of rotatable bonds is 4. The van der Waals surface area contributed by atoms with Crippen LogP contribution in [-0.4, -0.2) is 38.9 Å². The van der Waals surface area contributed by atoms with Gasteiger partial charge in [0, 0.05) is 24.0 Å². The number of halogens is 1. The topological polar surface area (TPSA) is 90.1 Å². The fraction of sp³-hybridized carbons (Fsp3) is 0.476. The van der Waals surface area contributed by atoms with Crippen molar-refractivity contribution in [2.24, 2.45) is 0 Å². The summed E-state index contributed by atoms with van der Waals surface area (Å²) < 4.78 is 0. The number of carbonyl (C=O) groups is 2. The molecule has 154 valence electrons. The molecule has 0 spiro atoms. The van der Waals surface area contributed by atoms with Gasteiger partial charge in [-0.2, -0.15) is 0 Å². The van der Waals surface area contributed by atoms with E-state index in [0.29, 0.717) is 24.5 Å². The Morgan fingerprint density at radius 2 is 1.93 bits per heavy atom. The summed E-state index contributed by atoms with van der Waals surface area (Å²) in [4.78, 5) is 35.0. The SMILES string of the molecule is O=C(NCc1ccc(Cl)cc1)[C@@H]1Cc2nc[nH]c2CN1C(=O)NC1CCCCC1.